The van der Waals surface area contributed by atoms with Gasteiger partial charge in [0.25, 0.3) is 0 Å². The van der Waals surface area contributed by atoms with E-state index in [2.05, 4.69) is 0 Å². The first-order chi connectivity index (χ1) is 8.57. The largest absolute Gasteiger partial charge is 0.390 e. The van der Waals surface area contributed by atoms with Gasteiger partial charge in [-0.2, -0.15) is 0 Å². The molecule has 18 heavy (non-hydrogen) atoms. The van der Waals surface area contributed by atoms with Crippen molar-refractivity contribution in [3.63, 3.8) is 0 Å². The Morgan fingerprint density at radius 2 is 1.94 bits per heavy atom. The molecular weight excluding hydrogens is 252 g/mol. The van der Waals surface area contributed by atoms with Crippen molar-refractivity contribution in [1.82, 2.24) is 0 Å². The summed E-state index contributed by atoms with van der Waals surface area (Å²) >= 11 is 0. The highest BCUT2D eigenvalue weighted by atomic mass is 32.2. The first kappa shape index (κ1) is 13.3. The highest BCUT2D eigenvalue weighted by molar-refractivity contribution is 7.92. The Kier molecular flexibility index (Phi) is 3.85. The summed E-state index contributed by atoms with van der Waals surface area (Å²) in [4.78, 5) is 0.246. The Morgan fingerprint density at radius 3 is 2.56 bits per heavy atom. The van der Waals surface area contributed by atoms with Crippen molar-refractivity contribution in [2.24, 2.45) is 0 Å². The zero-order chi connectivity index (χ0) is 13.2. The Balaban J connectivity index is 2.41. The molecule has 98 valence electrons. The molecule has 5 heteroatoms. The molecule has 1 aromatic carbocycles. The van der Waals surface area contributed by atoms with Crippen molar-refractivity contribution < 1.29 is 18.3 Å². The van der Waals surface area contributed by atoms with Gasteiger partial charge in [-0.3, -0.25) is 0 Å². The lowest BCUT2D eigenvalue weighted by Gasteiger charge is -2.30. The molecule has 0 heterocycles. The van der Waals surface area contributed by atoms with Crippen molar-refractivity contribution >= 4 is 9.84 Å². The van der Waals surface area contributed by atoms with E-state index >= 15 is 0 Å². The van der Waals surface area contributed by atoms with Crippen LogP contribution in [0, 0.1) is 0 Å². The summed E-state index contributed by atoms with van der Waals surface area (Å²) in [5, 5.41) is 8.97. The van der Waals surface area contributed by atoms with E-state index in [-0.39, 0.29) is 4.90 Å². The molecule has 0 unspecified atom stereocenters. The molecule has 3 atom stereocenters. The summed E-state index contributed by atoms with van der Waals surface area (Å²) < 4.78 is 30.1. The van der Waals surface area contributed by atoms with Gasteiger partial charge in [0.05, 0.1) is 11.0 Å². The van der Waals surface area contributed by atoms with Crippen LogP contribution in [0.3, 0.4) is 0 Å². The van der Waals surface area contributed by atoms with Gasteiger partial charge < -0.3 is 9.84 Å². The minimum atomic E-state index is -3.53. The van der Waals surface area contributed by atoms with E-state index in [1.54, 1.807) is 42.5 Å². The summed E-state index contributed by atoms with van der Waals surface area (Å²) in [7, 11) is -2.11. The molecule has 0 saturated carbocycles. The number of rotatable bonds is 3. The van der Waals surface area contributed by atoms with Gasteiger partial charge in [0.1, 0.15) is 11.4 Å². The molecule has 0 spiro atoms. The van der Waals surface area contributed by atoms with Crippen LogP contribution in [-0.4, -0.2) is 38.1 Å². The molecule has 0 bridgehead atoms. The lowest BCUT2D eigenvalue weighted by atomic mass is 10.0. The van der Waals surface area contributed by atoms with E-state index in [1.807, 2.05) is 0 Å². The predicted molar refractivity (Wildman–Crippen MR) is 68.0 cm³/mol. The Bertz CT molecular complexity index is 521. The molecule has 0 saturated heterocycles. The average molecular weight is 268 g/mol. The second-order valence-corrected chi connectivity index (χ2v) is 6.36. The fourth-order valence-corrected chi connectivity index (χ4v) is 3.97. The topological polar surface area (TPSA) is 63.6 Å². The summed E-state index contributed by atoms with van der Waals surface area (Å²) in [5.41, 5.74) is 0. The number of sulfone groups is 1. The molecular formula is C13H16O4S. The van der Waals surface area contributed by atoms with Crippen LogP contribution in [0.25, 0.3) is 0 Å². The van der Waals surface area contributed by atoms with Crippen molar-refractivity contribution in [1.29, 1.82) is 0 Å². The quantitative estimate of drug-likeness (QED) is 0.836. The number of methoxy groups -OCH3 is 1. The van der Waals surface area contributed by atoms with Crippen LogP contribution >= 0.6 is 0 Å². The van der Waals surface area contributed by atoms with Gasteiger partial charge in [-0.1, -0.05) is 30.4 Å². The first-order valence-electron chi connectivity index (χ1n) is 5.74. The number of benzene rings is 1. The van der Waals surface area contributed by atoms with Crippen LogP contribution in [0.5, 0.6) is 0 Å². The van der Waals surface area contributed by atoms with Gasteiger partial charge in [0.2, 0.25) is 0 Å². The number of hydrogen-bond donors (Lipinski definition) is 1. The minimum absolute atomic E-state index is 0.246. The molecule has 0 fully saturated rings. The zero-order valence-corrected chi connectivity index (χ0v) is 10.9. The molecule has 1 aromatic rings. The van der Waals surface area contributed by atoms with Gasteiger partial charge in [-0.15, -0.1) is 0 Å². The summed E-state index contributed by atoms with van der Waals surface area (Å²) in [5.74, 6) is 0. The number of aliphatic hydroxyl groups is 1. The van der Waals surface area contributed by atoms with Crippen LogP contribution < -0.4 is 0 Å². The zero-order valence-electron chi connectivity index (χ0n) is 10.1. The predicted octanol–water partition coefficient (Wildman–Crippen LogP) is 1.16. The van der Waals surface area contributed by atoms with Crippen molar-refractivity contribution in [2.75, 3.05) is 7.11 Å². The third-order valence-electron chi connectivity index (χ3n) is 3.11. The fraction of sp³-hybridized carbons (Fsp3) is 0.385. The average Bonchev–Trinajstić information content (AvgIpc) is 2.39. The van der Waals surface area contributed by atoms with E-state index in [4.69, 9.17) is 4.74 Å². The third kappa shape index (κ3) is 2.34. The second-order valence-electron chi connectivity index (χ2n) is 4.25. The summed E-state index contributed by atoms with van der Waals surface area (Å²) in [6, 6.07) is 8.22. The second kappa shape index (κ2) is 5.22. The van der Waals surface area contributed by atoms with E-state index in [0.29, 0.717) is 6.42 Å². The Hall–Kier alpha value is -1.17. The molecule has 0 aromatic heterocycles. The number of aliphatic hydroxyl groups excluding tert-OH is 1. The number of ether oxygens (including phenoxy) is 1. The smallest absolute Gasteiger partial charge is 0.187 e. The fourth-order valence-electron chi connectivity index (χ4n) is 2.15. The summed E-state index contributed by atoms with van der Waals surface area (Å²) in [6.45, 7) is 0. The molecule has 4 nitrogen and oxygen atoms in total. The van der Waals surface area contributed by atoms with E-state index in [1.165, 1.54) is 7.11 Å². The maximum atomic E-state index is 12.5. The molecule has 0 amide bonds. The molecule has 1 aliphatic rings. The summed E-state index contributed by atoms with van der Waals surface area (Å²) in [6.07, 6.45) is 2.19. The number of hydrogen-bond acceptors (Lipinski definition) is 4. The van der Waals surface area contributed by atoms with Crippen LogP contribution in [0.15, 0.2) is 47.4 Å². The third-order valence-corrected chi connectivity index (χ3v) is 5.18. The van der Waals surface area contributed by atoms with Gasteiger partial charge in [0, 0.05) is 7.11 Å². The van der Waals surface area contributed by atoms with Crippen LogP contribution in [0.1, 0.15) is 6.42 Å². The first-order valence-corrected chi connectivity index (χ1v) is 7.28. The lowest BCUT2D eigenvalue weighted by molar-refractivity contribution is -0.00976. The van der Waals surface area contributed by atoms with Gasteiger partial charge in [-0.05, 0) is 18.6 Å². The normalized spacial score (nSPS) is 28.2. The van der Waals surface area contributed by atoms with Crippen LogP contribution in [0.4, 0.5) is 0 Å². The minimum Gasteiger partial charge on any atom is -0.390 e. The standard InChI is InChI=1S/C13H16O4S/c1-17-13-11(14)8-5-9-12(13)18(15,16)10-6-3-2-4-7-10/h2-7,9,11-14H,8H2,1H3/t11-,12-,13-/m0/s1. The van der Waals surface area contributed by atoms with Crippen LogP contribution in [0.2, 0.25) is 0 Å². The van der Waals surface area contributed by atoms with E-state index in [9.17, 15) is 13.5 Å². The van der Waals surface area contributed by atoms with Crippen molar-refractivity contribution in [3.05, 3.63) is 42.5 Å². The molecule has 1 N–H and O–H groups in total. The molecule has 1 aliphatic carbocycles. The maximum absolute atomic E-state index is 12.5. The van der Waals surface area contributed by atoms with E-state index < -0.39 is 27.3 Å². The van der Waals surface area contributed by atoms with Gasteiger partial charge in [0.15, 0.2) is 9.84 Å². The van der Waals surface area contributed by atoms with Gasteiger partial charge >= 0.3 is 0 Å². The maximum Gasteiger partial charge on any atom is 0.187 e. The monoisotopic (exact) mass is 268 g/mol. The van der Waals surface area contributed by atoms with Crippen molar-refractivity contribution in [3.8, 4) is 0 Å². The Morgan fingerprint density at radius 1 is 1.28 bits per heavy atom. The molecule has 0 radical (unpaired) electrons. The highest BCUT2D eigenvalue weighted by Crippen LogP contribution is 2.26. The SMILES string of the molecule is CO[C@H]1[C@@H](O)CC=C[C@@H]1S(=O)(=O)c1ccccc1. The highest BCUT2D eigenvalue weighted by Gasteiger charge is 2.38. The van der Waals surface area contributed by atoms with E-state index in [0.717, 1.165) is 0 Å². The van der Waals surface area contributed by atoms with Crippen molar-refractivity contribution in [2.45, 2.75) is 28.8 Å². The lowest BCUT2D eigenvalue weighted by Crippen LogP contribution is -2.44. The Labute approximate surface area is 107 Å². The molecule has 2 rings (SSSR count). The molecule has 0 aliphatic heterocycles. The van der Waals surface area contributed by atoms with Gasteiger partial charge in [-0.25, -0.2) is 8.42 Å². The van der Waals surface area contributed by atoms with Crippen LogP contribution in [-0.2, 0) is 14.6 Å².